The van der Waals surface area contributed by atoms with Gasteiger partial charge < -0.3 is 9.47 Å². The van der Waals surface area contributed by atoms with Crippen molar-refractivity contribution in [2.24, 2.45) is 0 Å². The van der Waals surface area contributed by atoms with Gasteiger partial charge in [0.25, 0.3) is 15.7 Å². The smallest absolute Gasteiger partial charge is 0.331 e. The molecule has 4 rings (SSSR count). The Morgan fingerprint density at radius 1 is 0.816 bits per heavy atom. The van der Waals surface area contributed by atoms with E-state index in [1.54, 1.807) is 49.6 Å². The molecular formula is C28H30N2O7S. The van der Waals surface area contributed by atoms with Crippen molar-refractivity contribution in [1.82, 2.24) is 9.13 Å². The molecule has 0 saturated heterocycles. The molecule has 1 heterocycles. The molecule has 0 fully saturated rings. The van der Waals surface area contributed by atoms with E-state index in [0.29, 0.717) is 35.2 Å². The van der Waals surface area contributed by atoms with Crippen LogP contribution in [0.1, 0.15) is 24.0 Å². The van der Waals surface area contributed by atoms with Crippen LogP contribution in [-0.4, -0.2) is 37.5 Å². The van der Waals surface area contributed by atoms with E-state index in [-0.39, 0.29) is 26.3 Å². The van der Waals surface area contributed by atoms with Gasteiger partial charge in [-0.05, 0) is 48.2 Å². The number of aromatic nitrogens is 2. The topological polar surface area (TPSA) is 106 Å². The van der Waals surface area contributed by atoms with Crippen LogP contribution in [0, 0.1) is 0 Å². The third-order valence-electron chi connectivity index (χ3n) is 6.02. The summed E-state index contributed by atoms with van der Waals surface area (Å²) in [4.78, 5) is 27.2. The normalized spacial score (nSPS) is 11.5. The van der Waals surface area contributed by atoms with Gasteiger partial charge in [0, 0.05) is 6.54 Å². The SMILES string of the molecule is COc1ccc(Cn2c(=O)c3cccc(OCc4ccccc4)c3n(CCCCOS(C)(=O)=O)c2=O)cc1. The largest absolute Gasteiger partial charge is 0.497 e. The van der Waals surface area contributed by atoms with Crippen molar-refractivity contribution in [3.63, 3.8) is 0 Å². The summed E-state index contributed by atoms with van der Waals surface area (Å²) in [5, 5.41) is 0.357. The number of nitrogens with zero attached hydrogens (tertiary/aromatic N) is 2. The summed E-state index contributed by atoms with van der Waals surface area (Å²) >= 11 is 0. The lowest BCUT2D eigenvalue weighted by atomic mass is 10.2. The van der Waals surface area contributed by atoms with E-state index in [1.807, 2.05) is 30.3 Å². The Kier molecular flexibility index (Phi) is 8.65. The number of ether oxygens (including phenoxy) is 2. The molecule has 0 aliphatic carbocycles. The molecule has 0 radical (unpaired) electrons. The maximum absolute atomic E-state index is 13.7. The highest BCUT2D eigenvalue weighted by atomic mass is 32.2. The third kappa shape index (κ3) is 6.70. The first-order valence-electron chi connectivity index (χ1n) is 12.2. The number of hydrogen-bond donors (Lipinski definition) is 0. The maximum atomic E-state index is 13.7. The second-order valence-electron chi connectivity index (χ2n) is 8.83. The van der Waals surface area contributed by atoms with Crippen LogP contribution >= 0.6 is 0 Å². The van der Waals surface area contributed by atoms with Gasteiger partial charge in [0.1, 0.15) is 23.6 Å². The lowest BCUT2D eigenvalue weighted by Crippen LogP contribution is -2.40. The molecule has 0 spiro atoms. The Hall–Kier alpha value is -3.89. The molecule has 0 atom stereocenters. The monoisotopic (exact) mass is 538 g/mol. The molecule has 9 nitrogen and oxygen atoms in total. The van der Waals surface area contributed by atoms with Crippen molar-refractivity contribution < 1.29 is 22.1 Å². The molecule has 0 amide bonds. The Labute approximate surface area is 221 Å². The second kappa shape index (κ2) is 12.1. The predicted molar refractivity (Wildman–Crippen MR) is 145 cm³/mol. The Bertz CT molecular complexity index is 1610. The van der Waals surface area contributed by atoms with Gasteiger partial charge in [-0.3, -0.25) is 18.1 Å². The predicted octanol–water partition coefficient (Wildman–Crippen LogP) is 3.56. The molecule has 4 aromatic rings. The van der Waals surface area contributed by atoms with Crippen LogP contribution in [0.15, 0.2) is 82.4 Å². The molecule has 0 bridgehead atoms. The summed E-state index contributed by atoms with van der Waals surface area (Å²) in [6.45, 7) is 0.612. The van der Waals surface area contributed by atoms with Crippen molar-refractivity contribution >= 4 is 21.0 Å². The summed E-state index contributed by atoms with van der Waals surface area (Å²) in [6, 6.07) is 21.9. The van der Waals surface area contributed by atoms with E-state index >= 15 is 0 Å². The van der Waals surface area contributed by atoms with Crippen molar-refractivity contribution in [1.29, 1.82) is 0 Å². The number of benzene rings is 3. The molecule has 0 aliphatic rings. The lowest BCUT2D eigenvalue weighted by Gasteiger charge is -2.17. The average Bonchev–Trinajstić information content (AvgIpc) is 2.91. The zero-order valence-corrected chi connectivity index (χ0v) is 22.1. The highest BCUT2D eigenvalue weighted by Gasteiger charge is 2.17. The number of rotatable bonds is 12. The average molecular weight is 539 g/mol. The molecule has 38 heavy (non-hydrogen) atoms. The Morgan fingerprint density at radius 3 is 2.24 bits per heavy atom. The third-order valence-corrected chi connectivity index (χ3v) is 6.61. The number of methoxy groups -OCH3 is 1. The van der Waals surface area contributed by atoms with Crippen LogP contribution in [-0.2, 0) is 34.0 Å². The van der Waals surface area contributed by atoms with Crippen LogP contribution in [0.3, 0.4) is 0 Å². The first-order chi connectivity index (χ1) is 18.3. The van der Waals surface area contributed by atoms with Gasteiger partial charge >= 0.3 is 5.69 Å². The van der Waals surface area contributed by atoms with Crippen molar-refractivity contribution in [2.45, 2.75) is 32.5 Å². The molecular weight excluding hydrogens is 508 g/mol. The summed E-state index contributed by atoms with van der Waals surface area (Å²) < 4.78 is 41.4. The van der Waals surface area contributed by atoms with E-state index in [0.717, 1.165) is 17.4 Å². The Balaban J connectivity index is 1.73. The van der Waals surface area contributed by atoms with Crippen LogP contribution in [0.4, 0.5) is 0 Å². The maximum Gasteiger partial charge on any atom is 0.331 e. The summed E-state index contributed by atoms with van der Waals surface area (Å²) in [6.07, 6.45) is 1.86. The molecule has 0 aliphatic heterocycles. The number of fused-ring (bicyclic) bond motifs is 1. The quantitative estimate of drug-likeness (QED) is 0.201. The second-order valence-corrected chi connectivity index (χ2v) is 10.5. The van der Waals surface area contributed by atoms with Gasteiger partial charge in [0.05, 0.1) is 31.9 Å². The van der Waals surface area contributed by atoms with Gasteiger partial charge in [0.15, 0.2) is 0 Å². The minimum Gasteiger partial charge on any atom is -0.497 e. The fourth-order valence-electron chi connectivity index (χ4n) is 4.14. The van der Waals surface area contributed by atoms with Crippen molar-refractivity contribution in [3.8, 4) is 11.5 Å². The van der Waals surface area contributed by atoms with Crippen molar-refractivity contribution in [3.05, 3.63) is 105 Å². The molecule has 10 heteroatoms. The van der Waals surface area contributed by atoms with Crippen LogP contribution in [0.25, 0.3) is 10.9 Å². The van der Waals surface area contributed by atoms with Crippen LogP contribution < -0.4 is 20.7 Å². The Morgan fingerprint density at radius 2 is 1.55 bits per heavy atom. The number of hydrogen-bond acceptors (Lipinski definition) is 7. The first-order valence-corrected chi connectivity index (χ1v) is 14.0. The molecule has 0 N–H and O–H groups in total. The standard InChI is InChI=1S/C28H30N2O7S/c1-35-23-15-13-21(14-16-23)19-30-27(31)24-11-8-12-25(36-20-22-9-4-3-5-10-22)26(24)29(28(30)32)17-6-7-18-37-38(2,33)34/h3-5,8-16H,6-7,17-20H2,1-2H3. The van der Waals surface area contributed by atoms with Gasteiger partial charge in [-0.1, -0.05) is 48.5 Å². The van der Waals surface area contributed by atoms with Gasteiger partial charge in [-0.2, -0.15) is 8.42 Å². The molecule has 200 valence electrons. The highest BCUT2D eigenvalue weighted by Crippen LogP contribution is 2.24. The molecule has 1 aromatic heterocycles. The summed E-state index contributed by atoms with van der Waals surface area (Å²) in [7, 11) is -1.98. The fraction of sp³-hybridized carbons (Fsp3) is 0.286. The molecule has 0 unspecified atom stereocenters. The molecule has 0 saturated carbocycles. The summed E-state index contributed by atoms with van der Waals surface area (Å²) in [5.41, 5.74) is 1.24. The van der Waals surface area contributed by atoms with Gasteiger partial charge in [-0.25, -0.2) is 4.79 Å². The van der Waals surface area contributed by atoms with E-state index in [1.165, 1.54) is 9.13 Å². The van der Waals surface area contributed by atoms with E-state index in [4.69, 9.17) is 13.7 Å². The summed E-state index contributed by atoms with van der Waals surface area (Å²) in [5.74, 6) is 1.10. The number of unbranched alkanes of at least 4 members (excludes halogenated alkanes) is 1. The zero-order valence-electron chi connectivity index (χ0n) is 21.3. The number of para-hydroxylation sites is 1. The van der Waals surface area contributed by atoms with E-state index in [2.05, 4.69) is 0 Å². The minimum absolute atomic E-state index is 0.00830. The van der Waals surface area contributed by atoms with Crippen LogP contribution in [0.2, 0.25) is 0 Å². The van der Waals surface area contributed by atoms with E-state index in [9.17, 15) is 18.0 Å². The lowest BCUT2D eigenvalue weighted by molar-refractivity contribution is 0.304. The molecule has 3 aromatic carbocycles. The first kappa shape index (κ1) is 27.2. The zero-order chi connectivity index (χ0) is 27.1. The van der Waals surface area contributed by atoms with Crippen LogP contribution in [0.5, 0.6) is 11.5 Å². The highest BCUT2D eigenvalue weighted by molar-refractivity contribution is 7.85. The van der Waals surface area contributed by atoms with Gasteiger partial charge in [0.2, 0.25) is 0 Å². The fourth-order valence-corrected chi connectivity index (χ4v) is 4.56. The van der Waals surface area contributed by atoms with Crippen molar-refractivity contribution in [2.75, 3.05) is 20.0 Å². The minimum atomic E-state index is -3.55. The number of aryl methyl sites for hydroxylation is 1. The van der Waals surface area contributed by atoms with Gasteiger partial charge in [-0.15, -0.1) is 0 Å². The van der Waals surface area contributed by atoms with E-state index < -0.39 is 21.4 Å².